The van der Waals surface area contributed by atoms with Crippen molar-refractivity contribution in [1.82, 2.24) is 4.98 Å². The lowest BCUT2D eigenvalue weighted by Gasteiger charge is -2.06. The summed E-state index contributed by atoms with van der Waals surface area (Å²) < 4.78 is 0. The monoisotopic (exact) mass is 235 g/mol. The van der Waals surface area contributed by atoms with Crippen LogP contribution in [0.3, 0.4) is 0 Å². The maximum atomic E-state index is 8.92. The molecular weight excluding hydrogens is 226 g/mol. The highest BCUT2D eigenvalue weighted by molar-refractivity contribution is 5.63. The van der Waals surface area contributed by atoms with Gasteiger partial charge in [-0.3, -0.25) is 0 Å². The number of nitriles is 2. The van der Waals surface area contributed by atoms with Crippen LogP contribution in [-0.2, 0) is 0 Å². The van der Waals surface area contributed by atoms with Crippen LogP contribution in [0.25, 0.3) is 0 Å². The van der Waals surface area contributed by atoms with E-state index in [1.165, 1.54) is 0 Å². The van der Waals surface area contributed by atoms with Gasteiger partial charge >= 0.3 is 0 Å². The van der Waals surface area contributed by atoms with E-state index in [0.717, 1.165) is 0 Å². The smallest absolute Gasteiger partial charge is 0.132 e. The van der Waals surface area contributed by atoms with E-state index in [4.69, 9.17) is 16.3 Å². The van der Waals surface area contributed by atoms with Crippen LogP contribution in [0, 0.1) is 22.7 Å². The second-order valence-electron chi connectivity index (χ2n) is 3.58. The molecule has 2 rings (SSSR count). The van der Waals surface area contributed by atoms with E-state index in [9.17, 15) is 0 Å². The number of aromatic nitrogens is 1. The maximum Gasteiger partial charge on any atom is 0.132 e. The van der Waals surface area contributed by atoms with E-state index in [1.54, 1.807) is 36.5 Å². The molecule has 0 saturated heterocycles. The molecule has 0 bridgehead atoms. The number of pyridine rings is 1. The number of nitrogens with zero attached hydrogens (tertiary/aromatic N) is 3. The molecule has 18 heavy (non-hydrogen) atoms. The summed E-state index contributed by atoms with van der Waals surface area (Å²) in [5, 5.41) is 20.8. The van der Waals surface area contributed by atoms with Gasteiger partial charge in [-0.25, -0.2) is 4.98 Å². The lowest BCUT2D eigenvalue weighted by molar-refractivity contribution is 1.31. The molecule has 0 aliphatic rings. The van der Waals surface area contributed by atoms with Gasteiger partial charge in [0.15, 0.2) is 0 Å². The van der Waals surface area contributed by atoms with Crippen molar-refractivity contribution in [3.05, 3.63) is 47.7 Å². The molecule has 0 saturated carbocycles. The fourth-order valence-electron chi connectivity index (χ4n) is 1.48. The van der Waals surface area contributed by atoms with Gasteiger partial charge in [-0.15, -0.1) is 0 Å². The van der Waals surface area contributed by atoms with E-state index in [1.807, 2.05) is 12.1 Å². The Balaban J connectivity index is 2.31. The largest absolute Gasteiger partial charge is 0.399 e. The number of benzene rings is 1. The number of nitrogens with two attached hydrogens (primary N) is 1. The predicted octanol–water partition coefficient (Wildman–Crippen LogP) is 2.15. The zero-order chi connectivity index (χ0) is 13.0. The minimum atomic E-state index is 0.325. The first-order valence-electron chi connectivity index (χ1n) is 5.16. The van der Waals surface area contributed by atoms with Crippen molar-refractivity contribution in [1.29, 1.82) is 10.5 Å². The minimum absolute atomic E-state index is 0.325. The molecular formula is C13H9N5. The summed E-state index contributed by atoms with van der Waals surface area (Å²) in [6, 6.07) is 12.2. The van der Waals surface area contributed by atoms with Crippen molar-refractivity contribution in [2.24, 2.45) is 0 Å². The first kappa shape index (κ1) is 11.4. The maximum absolute atomic E-state index is 8.92. The Labute approximate surface area is 104 Å². The Morgan fingerprint density at radius 2 is 1.83 bits per heavy atom. The zero-order valence-electron chi connectivity index (χ0n) is 9.38. The molecule has 0 spiro atoms. The van der Waals surface area contributed by atoms with Crippen LogP contribution in [-0.4, -0.2) is 4.98 Å². The van der Waals surface area contributed by atoms with Crippen LogP contribution in [0.2, 0.25) is 0 Å². The van der Waals surface area contributed by atoms with Gasteiger partial charge in [0.1, 0.15) is 18.0 Å². The minimum Gasteiger partial charge on any atom is -0.399 e. The molecule has 0 radical (unpaired) electrons. The summed E-state index contributed by atoms with van der Waals surface area (Å²) >= 11 is 0. The van der Waals surface area contributed by atoms with Crippen LogP contribution < -0.4 is 11.1 Å². The number of hydrogen-bond acceptors (Lipinski definition) is 5. The van der Waals surface area contributed by atoms with Crippen molar-refractivity contribution in [2.75, 3.05) is 11.1 Å². The highest BCUT2D eigenvalue weighted by Gasteiger charge is 2.03. The van der Waals surface area contributed by atoms with Gasteiger partial charge in [0.2, 0.25) is 0 Å². The van der Waals surface area contributed by atoms with Crippen molar-refractivity contribution in [3.8, 4) is 12.1 Å². The van der Waals surface area contributed by atoms with Gasteiger partial charge in [0.05, 0.1) is 11.1 Å². The fourth-order valence-corrected chi connectivity index (χ4v) is 1.48. The Bertz CT molecular complexity index is 664. The zero-order valence-corrected chi connectivity index (χ0v) is 9.38. The Kier molecular flexibility index (Phi) is 3.08. The number of nitrogen functional groups attached to an aromatic ring is 1. The number of anilines is 3. The molecule has 0 aliphatic carbocycles. The topological polar surface area (TPSA) is 98.5 Å². The Morgan fingerprint density at radius 3 is 2.50 bits per heavy atom. The molecule has 1 aromatic carbocycles. The van der Waals surface area contributed by atoms with Crippen LogP contribution in [0.1, 0.15) is 11.1 Å². The van der Waals surface area contributed by atoms with Crippen molar-refractivity contribution < 1.29 is 0 Å². The first-order chi connectivity index (χ1) is 8.72. The third-order valence-corrected chi connectivity index (χ3v) is 2.32. The molecule has 5 heteroatoms. The third kappa shape index (κ3) is 2.37. The summed E-state index contributed by atoms with van der Waals surface area (Å²) in [5.41, 5.74) is 7.60. The lowest BCUT2D eigenvalue weighted by Crippen LogP contribution is -1.96. The van der Waals surface area contributed by atoms with Gasteiger partial charge in [-0.2, -0.15) is 10.5 Å². The molecule has 86 valence electrons. The SMILES string of the molecule is N#Cc1ccc(Nc2cc(N)ccn2)cc1C#N. The van der Waals surface area contributed by atoms with Crippen LogP contribution in [0.15, 0.2) is 36.5 Å². The molecule has 2 aromatic rings. The lowest BCUT2D eigenvalue weighted by atomic mass is 10.1. The van der Waals surface area contributed by atoms with Gasteiger partial charge in [-0.1, -0.05) is 0 Å². The molecule has 0 fully saturated rings. The summed E-state index contributed by atoms with van der Waals surface area (Å²) in [5.74, 6) is 0.587. The molecule has 1 heterocycles. The quantitative estimate of drug-likeness (QED) is 0.830. The highest BCUT2D eigenvalue weighted by Crippen LogP contribution is 2.19. The average Bonchev–Trinajstić information content (AvgIpc) is 2.38. The predicted molar refractivity (Wildman–Crippen MR) is 67.8 cm³/mol. The number of hydrogen-bond donors (Lipinski definition) is 2. The van der Waals surface area contributed by atoms with E-state index < -0.39 is 0 Å². The van der Waals surface area contributed by atoms with Crippen molar-refractivity contribution in [2.45, 2.75) is 0 Å². The Hall–Kier alpha value is -3.05. The van der Waals surface area contributed by atoms with Crippen molar-refractivity contribution in [3.63, 3.8) is 0 Å². The number of nitrogens with one attached hydrogen (secondary N) is 1. The Morgan fingerprint density at radius 1 is 1.06 bits per heavy atom. The van der Waals surface area contributed by atoms with E-state index in [-0.39, 0.29) is 0 Å². The third-order valence-electron chi connectivity index (χ3n) is 2.32. The fraction of sp³-hybridized carbons (Fsp3) is 0. The van der Waals surface area contributed by atoms with Gasteiger partial charge in [0, 0.05) is 23.6 Å². The summed E-state index contributed by atoms with van der Waals surface area (Å²) in [7, 11) is 0. The standard InChI is InChI=1S/C13H9N5/c14-7-9-1-2-12(5-10(9)8-15)18-13-6-11(16)3-4-17-13/h1-6H,(H3,16,17,18). The van der Waals surface area contributed by atoms with Crippen LogP contribution in [0.5, 0.6) is 0 Å². The molecule has 0 aliphatic heterocycles. The summed E-state index contributed by atoms with van der Waals surface area (Å²) in [4.78, 5) is 4.09. The summed E-state index contributed by atoms with van der Waals surface area (Å²) in [6.07, 6.45) is 1.59. The molecule has 0 unspecified atom stereocenters. The second-order valence-corrected chi connectivity index (χ2v) is 3.58. The van der Waals surface area contributed by atoms with Crippen LogP contribution in [0.4, 0.5) is 17.2 Å². The van der Waals surface area contributed by atoms with E-state index >= 15 is 0 Å². The van der Waals surface area contributed by atoms with Gasteiger partial charge in [-0.05, 0) is 24.3 Å². The molecule has 5 nitrogen and oxygen atoms in total. The molecule has 1 aromatic heterocycles. The van der Waals surface area contributed by atoms with Gasteiger partial charge < -0.3 is 11.1 Å². The average molecular weight is 235 g/mol. The molecule has 0 amide bonds. The molecule has 3 N–H and O–H groups in total. The van der Waals surface area contributed by atoms with Gasteiger partial charge in [0.25, 0.3) is 0 Å². The van der Waals surface area contributed by atoms with Crippen LogP contribution >= 0.6 is 0 Å². The highest BCUT2D eigenvalue weighted by atomic mass is 15.0. The van der Waals surface area contributed by atoms with E-state index in [2.05, 4.69) is 10.3 Å². The molecule has 0 atom stereocenters. The van der Waals surface area contributed by atoms with Crippen molar-refractivity contribution >= 4 is 17.2 Å². The second kappa shape index (κ2) is 4.86. The summed E-state index contributed by atoms with van der Waals surface area (Å²) in [6.45, 7) is 0. The normalized spacial score (nSPS) is 9.22. The number of rotatable bonds is 2. The van der Waals surface area contributed by atoms with E-state index in [0.29, 0.717) is 28.3 Å². The first-order valence-corrected chi connectivity index (χ1v) is 5.16.